The molecular weight excluding hydrogens is 324 g/mol. The molecule has 0 amide bonds. The number of nitrogens with zero attached hydrogens (tertiary/aromatic N) is 1. The number of halogens is 2. The van der Waals surface area contributed by atoms with Crippen LogP contribution in [0.3, 0.4) is 0 Å². The Kier molecular flexibility index (Phi) is 7.99. The summed E-state index contributed by atoms with van der Waals surface area (Å²) < 4.78 is 16.6. The molecule has 8 heteroatoms. The molecule has 1 rings (SSSR count). The van der Waals surface area contributed by atoms with Crippen molar-refractivity contribution in [1.29, 1.82) is 0 Å². The molecule has 1 aromatic rings. The number of guanidine groups is 1. The summed E-state index contributed by atoms with van der Waals surface area (Å²) in [6.45, 7) is 1.08. The Morgan fingerprint density at radius 2 is 2.11 bits per heavy atom. The van der Waals surface area contributed by atoms with Gasteiger partial charge in [-0.15, -0.1) is 0 Å². The molecule has 1 aromatic carbocycles. The van der Waals surface area contributed by atoms with Crippen LogP contribution in [-0.4, -0.2) is 37.4 Å². The molecular formula is C10H12AsClFN3O2. The predicted molar refractivity (Wildman–Crippen MR) is 71.4 cm³/mol. The Balaban J connectivity index is 0.000000631. The van der Waals surface area contributed by atoms with Crippen molar-refractivity contribution in [2.75, 3.05) is 0 Å². The predicted octanol–water partition coefficient (Wildman–Crippen LogP) is 0.613. The monoisotopic (exact) mass is 335 g/mol. The first-order valence-electron chi connectivity index (χ1n) is 4.59. The second kappa shape index (κ2) is 8.66. The number of carboxylic acid groups (broad SMARTS) is 1. The number of rotatable bonds is 2. The van der Waals surface area contributed by atoms with Gasteiger partial charge in [-0.2, -0.15) is 0 Å². The Morgan fingerprint density at radius 3 is 2.56 bits per heavy atom. The van der Waals surface area contributed by atoms with Gasteiger partial charge in [-0.1, -0.05) is 0 Å². The zero-order valence-electron chi connectivity index (χ0n) is 9.47. The van der Waals surface area contributed by atoms with Gasteiger partial charge in [0.1, 0.15) is 0 Å². The number of hydrogen-bond donors (Lipinski definition) is 3. The molecule has 0 unspecified atom stereocenters. The average molecular weight is 336 g/mol. The van der Waals surface area contributed by atoms with E-state index < -0.39 is 27.3 Å². The summed E-state index contributed by atoms with van der Waals surface area (Å²) in [6.07, 6.45) is 0. The first-order chi connectivity index (χ1) is 8.32. The number of aliphatic carboxylic acids is 1. The molecule has 0 saturated carbocycles. The molecule has 0 heterocycles. The van der Waals surface area contributed by atoms with Crippen LogP contribution in [0.15, 0.2) is 22.1 Å². The molecule has 0 aliphatic carbocycles. The average Bonchev–Trinajstić information content (AvgIpc) is 2.22. The van der Waals surface area contributed by atoms with Gasteiger partial charge in [-0.3, -0.25) is 4.79 Å². The van der Waals surface area contributed by atoms with E-state index in [0.717, 1.165) is 12.5 Å². The normalized spacial score (nSPS) is 9.50. The van der Waals surface area contributed by atoms with Gasteiger partial charge >= 0.3 is 92.3 Å². The number of nitrogens with two attached hydrogens (primary N) is 2. The van der Waals surface area contributed by atoms with E-state index in [1.807, 2.05) is 4.81 Å². The Labute approximate surface area is 115 Å². The van der Waals surface area contributed by atoms with E-state index in [1.54, 1.807) is 6.07 Å². The zero-order chi connectivity index (χ0) is 14.1. The molecule has 5 N–H and O–H groups in total. The van der Waals surface area contributed by atoms with Gasteiger partial charge in [-0.25, -0.2) is 0 Å². The number of carbonyl (C=O) groups is 1. The number of hydrogen-bond acceptors (Lipinski definition) is 2. The van der Waals surface area contributed by atoms with Gasteiger partial charge in [0.15, 0.2) is 0 Å². The van der Waals surface area contributed by atoms with E-state index >= 15 is 0 Å². The van der Waals surface area contributed by atoms with Crippen LogP contribution in [0.5, 0.6) is 0 Å². The van der Waals surface area contributed by atoms with E-state index in [-0.39, 0.29) is 11.0 Å². The van der Waals surface area contributed by atoms with Crippen molar-refractivity contribution in [3.05, 3.63) is 34.6 Å². The second-order valence-corrected chi connectivity index (χ2v) is 4.82. The van der Waals surface area contributed by atoms with Crippen LogP contribution in [0.2, 0.25) is 5.02 Å². The molecule has 0 radical (unpaired) electrons. The third-order valence-electron chi connectivity index (χ3n) is 1.32. The van der Waals surface area contributed by atoms with Crippen LogP contribution in [0.4, 0.5) is 4.39 Å². The third-order valence-corrected chi connectivity index (χ3v) is 3.21. The fourth-order valence-corrected chi connectivity index (χ4v) is 1.96. The van der Waals surface area contributed by atoms with Crippen LogP contribution in [-0.2, 0) is 4.79 Å². The van der Waals surface area contributed by atoms with E-state index in [0.29, 0.717) is 0 Å². The summed E-state index contributed by atoms with van der Waals surface area (Å²) in [5.74, 6) is -1.20. The van der Waals surface area contributed by atoms with Crippen molar-refractivity contribution in [2.24, 2.45) is 15.4 Å². The minimum absolute atomic E-state index is 0.0643. The first-order valence-corrected chi connectivity index (χ1v) is 6.89. The first kappa shape index (κ1) is 16.6. The topological polar surface area (TPSA) is 102 Å². The molecule has 0 bridgehead atoms. The SMILES string of the molecule is CC(=O)O.NC(N)=N[As]=Cc1ccc(F)c(Cl)c1. The van der Waals surface area contributed by atoms with E-state index in [9.17, 15) is 4.39 Å². The molecule has 0 saturated heterocycles. The third kappa shape index (κ3) is 8.73. The van der Waals surface area contributed by atoms with Crippen molar-refractivity contribution in [3.63, 3.8) is 0 Å². The summed E-state index contributed by atoms with van der Waals surface area (Å²) in [4.78, 5) is 10.8. The van der Waals surface area contributed by atoms with Crippen molar-refractivity contribution in [2.45, 2.75) is 6.92 Å². The molecule has 18 heavy (non-hydrogen) atoms. The summed E-state index contributed by atoms with van der Waals surface area (Å²) in [5.41, 5.74) is 11.1. The molecule has 0 aromatic heterocycles. The van der Waals surface area contributed by atoms with Gasteiger partial charge in [0.05, 0.1) is 0 Å². The van der Waals surface area contributed by atoms with Gasteiger partial charge in [0.2, 0.25) is 0 Å². The van der Waals surface area contributed by atoms with Crippen LogP contribution >= 0.6 is 11.6 Å². The van der Waals surface area contributed by atoms with Crippen LogP contribution in [0, 0.1) is 5.82 Å². The van der Waals surface area contributed by atoms with E-state index in [4.69, 9.17) is 33.0 Å². The van der Waals surface area contributed by atoms with E-state index in [2.05, 4.69) is 3.91 Å². The van der Waals surface area contributed by atoms with Gasteiger partial charge in [0.25, 0.3) is 5.97 Å². The Bertz CT molecular complexity index is 472. The van der Waals surface area contributed by atoms with E-state index in [1.165, 1.54) is 12.1 Å². The summed E-state index contributed by atoms with van der Waals surface area (Å²) in [7, 11) is 0. The fraction of sp³-hybridized carbons (Fsp3) is 0.100. The van der Waals surface area contributed by atoms with Crippen LogP contribution in [0.25, 0.3) is 0 Å². The quantitative estimate of drug-likeness (QED) is 0.419. The van der Waals surface area contributed by atoms with Gasteiger partial charge in [-0.05, 0) is 0 Å². The van der Waals surface area contributed by atoms with Crippen LogP contribution in [0.1, 0.15) is 12.5 Å². The fourth-order valence-electron chi connectivity index (χ4n) is 0.755. The Morgan fingerprint density at radius 1 is 1.56 bits per heavy atom. The zero-order valence-corrected chi connectivity index (χ0v) is 12.1. The number of carboxylic acids is 1. The maximum absolute atomic E-state index is 12.7. The molecule has 5 nitrogen and oxygen atoms in total. The summed E-state index contributed by atoms with van der Waals surface area (Å²) in [6, 6.07) is 4.47. The minimum atomic E-state index is -0.833. The second-order valence-electron chi connectivity index (χ2n) is 2.96. The van der Waals surface area contributed by atoms with Crippen molar-refractivity contribution in [1.82, 2.24) is 0 Å². The summed E-state index contributed by atoms with van der Waals surface area (Å²) in [5, 5.41) is 7.52. The standard InChI is InChI=1S/C8H8AsClFN3.C2H4O2/c10-6-3-5(1-2-7(6)11)4-9-14-8(12)13;1-2(3)4/h1-4H,(H4,12,13,14);1H3,(H,3,4). The maximum atomic E-state index is 12.7. The number of benzene rings is 1. The molecule has 0 spiro atoms. The summed E-state index contributed by atoms with van der Waals surface area (Å²) >= 11 is 5.14. The van der Waals surface area contributed by atoms with Crippen molar-refractivity contribution >= 4 is 43.9 Å². The molecule has 0 fully saturated rings. The van der Waals surface area contributed by atoms with Crippen molar-refractivity contribution in [3.8, 4) is 0 Å². The van der Waals surface area contributed by atoms with Gasteiger partial charge in [0, 0.05) is 6.92 Å². The van der Waals surface area contributed by atoms with Crippen molar-refractivity contribution < 1.29 is 14.3 Å². The molecule has 0 aliphatic rings. The Hall–Kier alpha value is -1.39. The molecule has 98 valence electrons. The molecule has 0 atom stereocenters. The van der Waals surface area contributed by atoms with Gasteiger partial charge < -0.3 is 5.11 Å². The molecule has 0 aliphatic heterocycles. The van der Waals surface area contributed by atoms with Crippen LogP contribution < -0.4 is 11.5 Å².